The summed E-state index contributed by atoms with van der Waals surface area (Å²) in [6.07, 6.45) is -1.29. The molecular formula is C20H25F3N5O2PS. The summed E-state index contributed by atoms with van der Waals surface area (Å²) in [5.41, 5.74) is 7.07. The molecule has 32 heavy (non-hydrogen) atoms. The quantitative estimate of drug-likeness (QED) is 0.220. The van der Waals surface area contributed by atoms with Crippen LogP contribution in [0, 0.1) is 0 Å². The van der Waals surface area contributed by atoms with Gasteiger partial charge in [-0.1, -0.05) is 45.8 Å². The van der Waals surface area contributed by atoms with Gasteiger partial charge in [-0.3, -0.25) is 0 Å². The topological polar surface area (TPSA) is 88.1 Å². The van der Waals surface area contributed by atoms with E-state index < -0.39 is 12.3 Å². The lowest BCUT2D eigenvalue weighted by atomic mass is 10.3. The lowest BCUT2D eigenvalue weighted by molar-refractivity contribution is -0.106. The van der Waals surface area contributed by atoms with Crippen LogP contribution in [0.3, 0.4) is 0 Å². The molecule has 0 aliphatic rings. The number of nitrogen functional groups attached to an aromatic ring is 1. The van der Waals surface area contributed by atoms with E-state index in [1.165, 1.54) is 11.8 Å². The van der Waals surface area contributed by atoms with Crippen LogP contribution >= 0.6 is 20.3 Å². The van der Waals surface area contributed by atoms with Crippen molar-refractivity contribution in [1.29, 1.82) is 0 Å². The van der Waals surface area contributed by atoms with Gasteiger partial charge in [0.15, 0.2) is 5.65 Å². The van der Waals surface area contributed by atoms with Crippen LogP contribution in [0.2, 0.25) is 0 Å². The van der Waals surface area contributed by atoms with Crippen LogP contribution in [0.4, 0.5) is 19.1 Å². The normalized spacial score (nSPS) is 12.2. The molecule has 2 aromatic heterocycles. The van der Waals surface area contributed by atoms with Crippen LogP contribution in [0.1, 0.15) is 19.8 Å². The lowest BCUT2D eigenvalue weighted by Crippen LogP contribution is -2.11. The van der Waals surface area contributed by atoms with E-state index in [2.05, 4.69) is 21.9 Å². The molecule has 2 N–H and O–H groups in total. The molecule has 0 radical (unpaired) electrons. The average Bonchev–Trinajstić information content (AvgIpc) is 3.14. The number of aromatic nitrogens is 4. The standard InChI is InChI=1S/C20H25F3N5O2PS/c1-2-3-9-30-14-6-4-5-7-15(14)32-18-16-17(26-19(24)27-18)28(12-25-16)8-10-29-13-31-11-20(21,22)23/h4-7,12,31H,2-3,8-11,13H2,1H3,(H2,24,26,27). The van der Waals surface area contributed by atoms with Gasteiger partial charge in [0.2, 0.25) is 5.95 Å². The predicted molar refractivity (Wildman–Crippen MR) is 121 cm³/mol. The highest BCUT2D eigenvalue weighted by Gasteiger charge is 2.26. The summed E-state index contributed by atoms with van der Waals surface area (Å²) in [5, 5.41) is 0.602. The number of benzene rings is 1. The zero-order valence-electron chi connectivity index (χ0n) is 17.6. The van der Waals surface area contributed by atoms with Crippen LogP contribution in [0.5, 0.6) is 5.75 Å². The fourth-order valence-corrected chi connectivity index (χ4v) is 4.39. The molecule has 7 nitrogen and oxygen atoms in total. The fraction of sp³-hybridized carbons (Fsp3) is 0.450. The first-order chi connectivity index (χ1) is 15.4. The van der Waals surface area contributed by atoms with Crippen molar-refractivity contribution in [3.05, 3.63) is 30.6 Å². The molecule has 1 aromatic carbocycles. The molecule has 1 unspecified atom stereocenters. The van der Waals surface area contributed by atoms with Gasteiger partial charge >= 0.3 is 6.18 Å². The molecular weight excluding hydrogens is 462 g/mol. The van der Waals surface area contributed by atoms with Crippen molar-refractivity contribution < 1.29 is 22.6 Å². The number of hydrogen-bond acceptors (Lipinski definition) is 7. The number of ether oxygens (including phenoxy) is 2. The number of rotatable bonds is 12. The second-order valence-electron chi connectivity index (χ2n) is 6.84. The summed E-state index contributed by atoms with van der Waals surface area (Å²) < 4.78 is 49.6. The molecule has 0 aliphatic heterocycles. The fourth-order valence-electron chi connectivity index (χ4n) is 2.75. The first-order valence-corrected chi connectivity index (χ1v) is 12.3. The minimum Gasteiger partial charge on any atom is -0.492 e. The Morgan fingerprint density at radius 3 is 2.78 bits per heavy atom. The first-order valence-electron chi connectivity index (χ1n) is 10.1. The van der Waals surface area contributed by atoms with Gasteiger partial charge in [-0.2, -0.15) is 18.2 Å². The summed E-state index contributed by atoms with van der Waals surface area (Å²) in [7, 11) is -0.315. The number of imidazole rings is 1. The molecule has 0 bridgehead atoms. The Morgan fingerprint density at radius 2 is 2.00 bits per heavy atom. The molecule has 174 valence electrons. The van der Waals surface area contributed by atoms with E-state index in [0.717, 1.165) is 23.5 Å². The van der Waals surface area contributed by atoms with Crippen molar-refractivity contribution in [3.8, 4) is 5.75 Å². The van der Waals surface area contributed by atoms with Crippen LogP contribution in [0.15, 0.2) is 40.5 Å². The molecule has 0 saturated carbocycles. The van der Waals surface area contributed by atoms with Crippen molar-refractivity contribution in [1.82, 2.24) is 19.5 Å². The maximum absolute atomic E-state index is 12.2. The molecule has 1 atom stereocenters. The van der Waals surface area contributed by atoms with Crippen LogP contribution in [-0.2, 0) is 11.3 Å². The number of nitrogens with zero attached hydrogens (tertiary/aromatic N) is 4. The molecule has 0 saturated heterocycles. The van der Waals surface area contributed by atoms with Crippen molar-refractivity contribution in [2.24, 2.45) is 0 Å². The summed E-state index contributed by atoms with van der Waals surface area (Å²) in [5.74, 6) is 0.877. The Morgan fingerprint density at radius 1 is 1.19 bits per heavy atom. The van der Waals surface area contributed by atoms with Crippen molar-refractivity contribution in [3.63, 3.8) is 0 Å². The minimum atomic E-state index is -4.15. The SMILES string of the molecule is CCCCOc1ccccc1Sc1nc(N)nc2c1ncn2CCOCPCC(F)(F)F. The molecule has 0 amide bonds. The highest BCUT2D eigenvalue weighted by molar-refractivity contribution is 7.99. The van der Waals surface area contributed by atoms with Crippen LogP contribution in [-0.4, -0.2) is 51.4 Å². The van der Waals surface area contributed by atoms with Gasteiger partial charge < -0.3 is 19.8 Å². The zero-order chi connectivity index (χ0) is 23.0. The van der Waals surface area contributed by atoms with Gasteiger partial charge in [-0.05, 0) is 18.6 Å². The Balaban J connectivity index is 1.68. The molecule has 0 fully saturated rings. The van der Waals surface area contributed by atoms with E-state index in [4.69, 9.17) is 15.2 Å². The maximum atomic E-state index is 12.2. The number of anilines is 1. The molecule has 12 heteroatoms. The highest BCUT2D eigenvalue weighted by Crippen LogP contribution is 2.37. The number of halogens is 3. The van der Waals surface area contributed by atoms with Gasteiger partial charge in [0.05, 0.1) is 36.9 Å². The van der Waals surface area contributed by atoms with E-state index in [-0.39, 0.29) is 27.5 Å². The second-order valence-corrected chi connectivity index (χ2v) is 9.02. The van der Waals surface area contributed by atoms with Crippen molar-refractivity contribution >= 4 is 37.5 Å². The largest absolute Gasteiger partial charge is 0.492 e. The monoisotopic (exact) mass is 487 g/mol. The number of alkyl halides is 3. The van der Waals surface area contributed by atoms with E-state index in [0.29, 0.717) is 29.3 Å². The third-order valence-electron chi connectivity index (χ3n) is 4.27. The average molecular weight is 487 g/mol. The Hall–Kier alpha value is -2.10. The zero-order valence-corrected chi connectivity index (χ0v) is 19.4. The third-order valence-corrected chi connectivity index (χ3v) is 6.36. The van der Waals surface area contributed by atoms with Gasteiger partial charge in [-0.25, -0.2) is 9.97 Å². The Bertz CT molecular complexity index is 1020. The summed E-state index contributed by atoms with van der Waals surface area (Å²) in [6.45, 7) is 3.38. The Labute approximate surface area is 190 Å². The van der Waals surface area contributed by atoms with Crippen LogP contribution < -0.4 is 10.5 Å². The number of hydrogen-bond donors (Lipinski definition) is 1. The van der Waals surface area contributed by atoms with E-state index >= 15 is 0 Å². The van der Waals surface area contributed by atoms with E-state index in [9.17, 15) is 13.2 Å². The molecule has 0 spiro atoms. The smallest absolute Gasteiger partial charge is 0.392 e. The second kappa shape index (κ2) is 11.7. The number of unbranched alkanes of at least 4 members (excludes halogenated alkanes) is 1. The van der Waals surface area contributed by atoms with Gasteiger partial charge in [0.25, 0.3) is 0 Å². The molecule has 3 aromatic rings. The third kappa shape index (κ3) is 7.21. The maximum Gasteiger partial charge on any atom is 0.392 e. The molecule has 2 heterocycles. The molecule has 0 aliphatic carbocycles. The number of para-hydroxylation sites is 1. The van der Waals surface area contributed by atoms with Gasteiger partial charge in [0, 0.05) is 6.54 Å². The number of nitrogens with two attached hydrogens (primary N) is 1. The lowest BCUT2D eigenvalue weighted by Gasteiger charge is -2.11. The van der Waals surface area contributed by atoms with E-state index in [1.54, 1.807) is 10.9 Å². The minimum absolute atomic E-state index is 0.0686. The van der Waals surface area contributed by atoms with Crippen molar-refractivity contribution in [2.75, 3.05) is 31.5 Å². The predicted octanol–water partition coefficient (Wildman–Crippen LogP) is 4.95. The summed E-state index contributed by atoms with van der Waals surface area (Å²) in [4.78, 5) is 14.0. The summed E-state index contributed by atoms with van der Waals surface area (Å²) >= 11 is 1.40. The van der Waals surface area contributed by atoms with Crippen molar-refractivity contribution in [2.45, 2.75) is 42.4 Å². The first kappa shape index (κ1) is 24.5. The van der Waals surface area contributed by atoms with E-state index in [1.807, 2.05) is 24.3 Å². The van der Waals surface area contributed by atoms with Gasteiger partial charge in [0.1, 0.15) is 16.3 Å². The molecule has 3 rings (SSSR count). The van der Waals surface area contributed by atoms with Crippen LogP contribution in [0.25, 0.3) is 11.2 Å². The number of fused-ring (bicyclic) bond motifs is 1. The summed E-state index contributed by atoms with van der Waals surface area (Å²) in [6, 6.07) is 7.70. The highest BCUT2D eigenvalue weighted by atomic mass is 32.2. The van der Waals surface area contributed by atoms with Gasteiger partial charge in [-0.15, -0.1) is 0 Å². The Kier molecular flexibility index (Phi) is 8.95.